The van der Waals surface area contributed by atoms with Gasteiger partial charge in [-0.2, -0.15) is 5.90 Å². The minimum Gasteiger partial charge on any atom is -0.393 e. The highest BCUT2D eigenvalue weighted by molar-refractivity contribution is 8.10. The van der Waals surface area contributed by atoms with Crippen LogP contribution in [0.5, 0.6) is 0 Å². The van der Waals surface area contributed by atoms with Gasteiger partial charge < -0.3 is 4.84 Å². The van der Waals surface area contributed by atoms with Crippen molar-refractivity contribution in [1.82, 2.24) is 0 Å². The summed E-state index contributed by atoms with van der Waals surface area (Å²) in [6.07, 6.45) is 0. The summed E-state index contributed by atoms with van der Waals surface area (Å²) in [5.41, 5.74) is 0. The van der Waals surface area contributed by atoms with Crippen LogP contribution in [0.3, 0.4) is 0 Å². The van der Waals surface area contributed by atoms with Gasteiger partial charge in [0, 0.05) is 0 Å². The molecule has 0 saturated carbocycles. The molecule has 0 atom stereocenters. The normalized spacial score (nSPS) is 6.80. The highest BCUT2D eigenvalue weighted by Gasteiger charge is 1.72. The van der Waals surface area contributed by atoms with E-state index in [1.807, 2.05) is 0 Å². The zero-order chi connectivity index (χ0) is 4.28. The molecule has 2 nitrogen and oxygen atoms in total. The van der Waals surface area contributed by atoms with E-state index in [4.69, 9.17) is 0 Å². The van der Waals surface area contributed by atoms with Crippen molar-refractivity contribution >= 4 is 29.2 Å². The van der Waals surface area contributed by atoms with Gasteiger partial charge >= 0.3 is 0 Å². The summed E-state index contributed by atoms with van der Waals surface area (Å²) in [6, 6.07) is 0. The molecule has 0 aromatic carbocycles. The predicted octanol–water partition coefficient (Wildman–Crippen LogP) is 0.0914. The molecule has 0 rings (SSSR count). The SMILES string of the molecule is NOC(=S)S. The summed E-state index contributed by atoms with van der Waals surface area (Å²) in [5.74, 6) is 4.45. The molecule has 0 aliphatic rings. The van der Waals surface area contributed by atoms with Gasteiger partial charge in [-0.15, -0.1) is 0 Å². The van der Waals surface area contributed by atoms with E-state index in [0.717, 1.165) is 0 Å². The van der Waals surface area contributed by atoms with E-state index in [0.29, 0.717) is 0 Å². The van der Waals surface area contributed by atoms with Crippen LogP contribution in [0, 0.1) is 0 Å². The first kappa shape index (κ1) is 5.20. The minimum atomic E-state index is 0.0602. The monoisotopic (exact) mass is 109 g/mol. The summed E-state index contributed by atoms with van der Waals surface area (Å²) in [5, 5.41) is 0. The second-order valence-corrected chi connectivity index (χ2v) is 1.46. The van der Waals surface area contributed by atoms with E-state index < -0.39 is 0 Å². The Morgan fingerprint density at radius 1 is 2.00 bits per heavy atom. The fourth-order valence-corrected chi connectivity index (χ4v) is 0. The van der Waals surface area contributed by atoms with Crippen LogP contribution < -0.4 is 5.90 Å². The van der Waals surface area contributed by atoms with Crippen molar-refractivity contribution < 1.29 is 4.84 Å². The summed E-state index contributed by atoms with van der Waals surface area (Å²) in [7, 11) is 0. The Morgan fingerprint density at radius 2 is 2.20 bits per heavy atom. The van der Waals surface area contributed by atoms with Crippen molar-refractivity contribution in [3.63, 3.8) is 0 Å². The first-order valence-corrected chi connectivity index (χ1v) is 1.72. The lowest BCUT2D eigenvalue weighted by Gasteiger charge is -1.82. The van der Waals surface area contributed by atoms with Crippen LogP contribution in [0.2, 0.25) is 0 Å². The van der Waals surface area contributed by atoms with E-state index in [-0.39, 0.29) is 4.38 Å². The Bertz CT molecular complexity index is 44.9. The molecule has 0 aromatic heterocycles. The number of rotatable bonds is 0. The summed E-state index contributed by atoms with van der Waals surface area (Å²) < 4.78 is 0.0602. The van der Waals surface area contributed by atoms with Crippen LogP contribution in [-0.4, -0.2) is 4.38 Å². The van der Waals surface area contributed by atoms with Gasteiger partial charge in [-0.05, 0) is 12.2 Å². The van der Waals surface area contributed by atoms with Crippen molar-refractivity contribution in [2.24, 2.45) is 5.90 Å². The molecule has 0 amide bonds. The van der Waals surface area contributed by atoms with Crippen LogP contribution >= 0.6 is 24.8 Å². The molecule has 0 heterocycles. The maximum atomic E-state index is 4.45. The Labute approximate surface area is 40.7 Å². The van der Waals surface area contributed by atoms with E-state index in [1.54, 1.807) is 0 Å². The third-order valence-electron chi connectivity index (χ3n) is 0.101. The number of thiocarbonyl (C=S) groups is 1. The van der Waals surface area contributed by atoms with E-state index >= 15 is 0 Å². The van der Waals surface area contributed by atoms with Gasteiger partial charge in [0.15, 0.2) is 0 Å². The summed E-state index contributed by atoms with van der Waals surface area (Å²) in [6.45, 7) is 0. The molecule has 0 saturated heterocycles. The van der Waals surface area contributed by atoms with Crippen molar-refractivity contribution in [2.75, 3.05) is 0 Å². The smallest absolute Gasteiger partial charge is 0.241 e. The van der Waals surface area contributed by atoms with Crippen molar-refractivity contribution in [1.29, 1.82) is 0 Å². The number of thiol groups is 1. The highest BCUT2D eigenvalue weighted by Crippen LogP contribution is 1.76. The van der Waals surface area contributed by atoms with Gasteiger partial charge in [-0.1, -0.05) is 12.6 Å². The van der Waals surface area contributed by atoms with Gasteiger partial charge in [0.05, 0.1) is 0 Å². The van der Waals surface area contributed by atoms with Gasteiger partial charge in [0.25, 0.3) is 0 Å². The molecule has 0 bridgehead atoms. The van der Waals surface area contributed by atoms with Gasteiger partial charge in [0.2, 0.25) is 4.38 Å². The molecule has 0 spiro atoms. The van der Waals surface area contributed by atoms with Crippen molar-refractivity contribution in [3.8, 4) is 0 Å². The molecule has 0 unspecified atom stereocenters. The average Bonchev–Trinajstić information content (AvgIpc) is 1.38. The molecular formula is CH3NOS2. The molecule has 5 heavy (non-hydrogen) atoms. The second kappa shape index (κ2) is 2.44. The highest BCUT2D eigenvalue weighted by atomic mass is 32.1. The summed E-state index contributed by atoms with van der Waals surface area (Å²) in [4.78, 5) is 3.85. The number of hydrogen-bond donors (Lipinski definition) is 2. The maximum Gasteiger partial charge on any atom is 0.241 e. The second-order valence-electron chi connectivity index (χ2n) is 0.384. The van der Waals surface area contributed by atoms with Crippen molar-refractivity contribution in [2.45, 2.75) is 0 Å². The third kappa shape index (κ3) is 4.20. The number of hydrogen-bond acceptors (Lipinski definition) is 3. The molecule has 4 heteroatoms. The molecule has 2 N–H and O–H groups in total. The molecule has 0 radical (unpaired) electrons. The fourth-order valence-electron chi connectivity index (χ4n) is 0. The van der Waals surface area contributed by atoms with Crippen LogP contribution in [0.1, 0.15) is 0 Å². The summed E-state index contributed by atoms with van der Waals surface area (Å²) >= 11 is 7.70. The standard InChI is InChI=1S/CH3NOS2/c2-3-1(4)5/h2H2,(H,4,5). The zero-order valence-corrected chi connectivity index (χ0v) is 4.05. The van der Waals surface area contributed by atoms with Crippen LogP contribution in [-0.2, 0) is 4.84 Å². The topological polar surface area (TPSA) is 35.2 Å². The molecular weight excluding hydrogens is 106 g/mol. The van der Waals surface area contributed by atoms with E-state index in [1.165, 1.54) is 0 Å². The van der Waals surface area contributed by atoms with Crippen LogP contribution in [0.15, 0.2) is 0 Å². The van der Waals surface area contributed by atoms with E-state index in [9.17, 15) is 0 Å². The van der Waals surface area contributed by atoms with Crippen LogP contribution in [0.25, 0.3) is 0 Å². The first-order chi connectivity index (χ1) is 2.27. The lowest BCUT2D eigenvalue weighted by molar-refractivity contribution is 0.341. The quantitative estimate of drug-likeness (QED) is 0.263. The fraction of sp³-hybridized carbons (Fsp3) is 0. The van der Waals surface area contributed by atoms with Gasteiger partial charge in [0.1, 0.15) is 0 Å². The van der Waals surface area contributed by atoms with Gasteiger partial charge in [-0.3, -0.25) is 0 Å². The lowest BCUT2D eigenvalue weighted by Crippen LogP contribution is -1.98. The molecule has 0 aromatic rings. The van der Waals surface area contributed by atoms with Crippen molar-refractivity contribution in [3.05, 3.63) is 0 Å². The van der Waals surface area contributed by atoms with E-state index in [2.05, 4.69) is 35.6 Å². The Morgan fingerprint density at radius 3 is 2.20 bits per heavy atom. The third-order valence-corrected chi connectivity index (χ3v) is 0.302. The zero-order valence-electron chi connectivity index (χ0n) is 2.34. The lowest BCUT2D eigenvalue weighted by atomic mass is 11.7. The average molecular weight is 109 g/mol. The Balaban J connectivity index is 2.85. The van der Waals surface area contributed by atoms with Crippen LogP contribution in [0.4, 0.5) is 0 Å². The largest absolute Gasteiger partial charge is 0.393 e. The molecule has 0 aliphatic heterocycles. The molecule has 30 valence electrons. The Kier molecular flexibility index (Phi) is 2.54. The molecule has 0 fully saturated rings. The molecule has 0 aliphatic carbocycles. The minimum absolute atomic E-state index is 0.0602. The Hall–Kier alpha value is 0.200. The first-order valence-electron chi connectivity index (χ1n) is 0.868. The maximum absolute atomic E-state index is 4.45. The van der Waals surface area contributed by atoms with Gasteiger partial charge in [-0.25, -0.2) is 0 Å². The number of nitrogens with two attached hydrogens (primary N) is 1. The predicted molar refractivity (Wildman–Crippen MR) is 26.9 cm³/mol.